The number of allylic oxidation sites excluding steroid dienone is 3. The molecule has 2 heterocycles. The maximum absolute atomic E-state index is 12.4. The molecule has 1 aromatic carbocycles. The van der Waals surface area contributed by atoms with Crippen LogP contribution in [0.2, 0.25) is 0 Å². The summed E-state index contributed by atoms with van der Waals surface area (Å²) in [6.45, 7) is 10.2. The second-order valence-corrected chi connectivity index (χ2v) is 6.30. The summed E-state index contributed by atoms with van der Waals surface area (Å²) in [6, 6.07) is 9.89. The highest BCUT2D eigenvalue weighted by molar-refractivity contribution is 8.03. The number of carbonyl (C=O) groups excluding carboxylic acids is 1. The Morgan fingerprint density at radius 2 is 1.92 bits per heavy atom. The Labute approximate surface area is 159 Å². The number of hydrogen-bond acceptors (Lipinski definition) is 4. The molecule has 1 aromatic heterocycles. The molecule has 0 bridgehead atoms. The summed E-state index contributed by atoms with van der Waals surface area (Å²) in [5.74, 6) is 0.358. The lowest BCUT2D eigenvalue weighted by molar-refractivity contribution is 0.0518. The Kier molecular flexibility index (Phi) is 7.27. The lowest BCUT2D eigenvalue weighted by Crippen LogP contribution is -2.09. The van der Waals surface area contributed by atoms with Crippen LogP contribution in [0.1, 0.15) is 56.4 Å². The van der Waals surface area contributed by atoms with E-state index in [1.807, 2.05) is 69.6 Å². The van der Waals surface area contributed by atoms with Crippen LogP contribution in [0, 0.1) is 0 Å². The molecule has 0 amide bonds. The molecule has 1 aliphatic heterocycles. The van der Waals surface area contributed by atoms with Crippen molar-refractivity contribution in [1.82, 2.24) is 9.78 Å². The number of hydrogen-bond donors (Lipinski definition) is 0. The third-order valence-corrected chi connectivity index (χ3v) is 5.10. The van der Waals surface area contributed by atoms with Crippen molar-refractivity contribution in [2.75, 3.05) is 6.61 Å². The minimum Gasteiger partial charge on any atom is -0.461 e. The highest BCUT2D eigenvalue weighted by atomic mass is 32.2. The SMILES string of the molecule is C/C=C1\C(=C/C)SCc2c(C(=O)OCC)nn(-c3ccccc3)c21.CC. The molecule has 0 unspecified atom stereocenters. The molecule has 0 aliphatic carbocycles. The molecule has 1 aliphatic rings. The van der Waals surface area contributed by atoms with Gasteiger partial charge in [-0.05, 0) is 32.9 Å². The number of aromatic nitrogens is 2. The molecule has 2 aromatic rings. The topological polar surface area (TPSA) is 44.1 Å². The van der Waals surface area contributed by atoms with E-state index in [0.717, 1.165) is 22.5 Å². The highest BCUT2D eigenvalue weighted by Gasteiger charge is 2.30. The third kappa shape index (κ3) is 3.78. The Bertz CT molecular complexity index is 820. The van der Waals surface area contributed by atoms with Gasteiger partial charge in [-0.3, -0.25) is 0 Å². The van der Waals surface area contributed by atoms with Crippen LogP contribution in [0.25, 0.3) is 11.3 Å². The summed E-state index contributed by atoms with van der Waals surface area (Å²) in [7, 11) is 0. The summed E-state index contributed by atoms with van der Waals surface area (Å²) >= 11 is 1.73. The molecule has 0 fully saturated rings. The molecule has 0 spiro atoms. The van der Waals surface area contributed by atoms with Gasteiger partial charge >= 0.3 is 5.97 Å². The van der Waals surface area contributed by atoms with Crippen molar-refractivity contribution < 1.29 is 9.53 Å². The third-order valence-electron chi connectivity index (χ3n) is 3.90. The number of benzene rings is 1. The quantitative estimate of drug-likeness (QED) is 0.657. The van der Waals surface area contributed by atoms with Crippen molar-refractivity contribution in [3.63, 3.8) is 0 Å². The van der Waals surface area contributed by atoms with Gasteiger partial charge in [0.1, 0.15) is 0 Å². The zero-order valence-corrected chi connectivity index (χ0v) is 16.9. The molecule has 0 saturated carbocycles. The predicted molar refractivity (Wildman–Crippen MR) is 110 cm³/mol. The minimum atomic E-state index is -0.358. The fourth-order valence-electron chi connectivity index (χ4n) is 2.85. The first-order valence-electron chi connectivity index (χ1n) is 9.01. The first kappa shape index (κ1) is 20.0. The van der Waals surface area contributed by atoms with E-state index in [1.54, 1.807) is 11.8 Å². The second kappa shape index (κ2) is 9.43. The number of esters is 1. The predicted octanol–water partition coefficient (Wildman–Crippen LogP) is 5.63. The van der Waals surface area contributed by atoms with Gasteiger partial charge in [0, 0.05) is 21.8 Å². The van der Waals surface area contributed by atoms with E-state index < -0.39 is 0 Å². The molecule has 0 N–H and O–H groups in total. The summed E-state index contributed by atoms with van der Waals surface area (Å²) in [4.78, 5) is 13.6. The van der Waals surface area contributed by atoms with Crippen LogP contribution in [0.15, 0.2) is 47.4 Å². The van der Waals surface area contributed by atoms with Crippen molar-refractivity contribution in [2.45, 2.75) is 40.4 Å². The molecule has 4 nitrogen and oxygen atoms in total. The normalized spacial score (nSPS) is 16.0. The Morgan fingerprint density at radius 3 is 2.50 bits per heavy atom. The van der Waals surface area contributed by atoms with Gasteiger partial charge in [-0.1, -0.05) is 44.2 Å². The number of rotatable bonds is 3. The molecular formula is C21H26N2O2S. The van der Waals surface area contributed by atoms with E-state index in [2.05, 4.69) is 17.3 Å². The minimum absolute atomic E-state index is 0.343. The fraction of sp³-hybridized carbons (Fsp3) is 0.333. The second-order valence-electron chi connectivity index (χ2n) is 5.29. The van der Waals surface area contributed by atoms with Crippen LogP contribution >= 0.6 is 11.8 Å². The zero-order valence-electron chi connectivity index (χ0n) is 16.1. The Morgan fingerprint density at radius 1 is 1.23 bits per heavy atom. The van der Waals surface area contributed by atoms with Crippen molar-refractivity contribution in [1.29, 1.82) is 0 Å². The van der Waals surface area contributed by atoms with Gasteiger partial charge < -0.3 is 4.74 Å². The Hall–Kier alpha value is -2.27. The van der Waals surface area contributed by atoms with E-state index in [4.69, 9.17) is 4.74 Å². The number of ether oxygens (including phenoxy) is 1. The summed E-state index contributed by atoms with van der Waals surface area (Å²) in [5, 5.41) is 4.61. The molecule has 3 rings (SSSR count). The Balaban J connectivity index is 0.00000117. The lowest BCUT2D eigenvalue weighted by Gasteiger charge is -2.20. The van der Waals surface area contributed by atoms with Crippen LogP contribution in [-0.2, 0) is 10.5 Å². The maximum Gasteiger partial charge on any atom is 0.359 e. The van der Waals surface area contributed by atoms with Crippen molar-refractivity contribution >= 4 is 23.3 Å². The van der Waals surface area contributed by atoms with Crippen LogP contribution in [0.4, 0.5) is 0 Å². The molecule has 0 radical (unpaired) electrons. The average Bonchev–Trinajstić information content (AvgIpc) is 3.09. The van der Waals surface area contributed by atoms with Crippen LogP contribution in [-0.4, -0.2) is 22.4 Å². The van der Waals surface area contributed by atoms with E-state index in [1.165, 1.54) is 4.91 Å². The zero-order chi connectivity index (χ0) is 19.1. The first-order chi connectivity index (χ1) is 12.7. The van der Waals surface area contributed by atoms with Gasteiger partial charge in [-0.15, -0.1) is 11.8 Å². The average molecular weight is 371 g/mol. The molecule has 0 atom stereocenters. The lowest BCUT2D eigenvalue weighted by atomic mass is 10.0. The monoisotopic (exact) mass is 370 g/mol. The molecular weight excluding hydrogens is 344 g/mol. The van der Waals surface area contributed by atoms with Gasteiger partial charge in [-0.2, -0.15) is 5.10 Å². The van der Waals surface area contributed by atoms with Gasteiger partial charge in [0.05, 0.1) is 18.0 Å². The van der Waals surface area contributed by atoms with E-state index >= 15 is 0 Å². The summed E-state index contributed by atoms with van der Waals surface area (Å²) in [6.07, 6.45) is 4.19. The molecule has 5 heteroatoms. The van der Waals surface area contributed by atoms with Crippen molar-refractivity contribution in [2.24, 2.45) is 0 Å². The van der Waals surface area contributed by atoms with Crippen molar-refractivity contribution in [3.05, 3.63) is 64.3 Å². The largest absolute Gasteiger partial charge is 0.461 e. The first-order valence-corrected chi connectivity index (χ1v) is 10.00. The van der Waals surface area contributed by atoms with Gasteiger partial charge in [0.2, 0.25) is 0 Å². The van der Waals surface area contributed by atoms with Gasteiger partial charge in [0.15, 0.2) is 5.69 Å². The molecule has 138 valence electrons. The number of thioether (sulfide) groups is 1. The maximum atomic E-state index is 12.4. The van der Waals surface area contributed by atoms with E-state index in [0.29, 0.717) is 18.1 Å². The number of para-hydroxylation sites is 1. The van der Waals surface area contributed by atoms with Crippen LogP contribution < -0.4 is 0 Å². The van der Waals surface area contributed by atoms with Crippen molar-refractivity contribution in [3.8, 4) is 5.69 Å². The summed E-state index contributed by atoms with van der Waals surface area (Å²) < 4.78 is 7.07. The van der Waals surface area contributed by atoms with E-state index in [-0.39, 0.29) is 5.97 Å². The standard InChI is InChI=1S/C19H20N2O2S.C2H6/c1-4-14-16(5-2)24-12-15-17(19(22)23-6-3)20-21(18(14)15)13-10-8-7-9-11-13;1-2/h4-5,7-11H,6,12H2,1-3H3;1-2H3/b14-4+,16-5+;. The molecule has 26 heavy (non-hydrogen) atoms. The number of nitrogens with zero attached hydrogens (tertiary/aromatic N) is 2. The van der Waals surface area contributed by atoms with E-state index in [9.17, 15) is 4.79 Å². The summed E-state index contributed by atoms with van der Waals surface area (Å²) in [5.41, 5.74) is 4.39. The highest BCUT2D eigenvalue weighted by Crippen LogP contribution is 2.43. The number of carbonyl (C=O) groups is 1. The van der Waals surface area contributed by atoms with Gasteiger partial charge in [0.25, 0.3) is 0 Å². The smallest absolute Gasteiger partial charge is 0.359 e. The molecule has 0 saturated heterocycles. The number of fused-ring (bicyclic) bond motifs is 1. The fourth-order valence-corrected chi connectivity index (χ4v) is 3.96. The van der Waals surface area contributed by atoms with Crippen LogP contribution in [0.3, 0.4) is 0 Å². The van der Waals surface area contributed by atoms with Crippen LogP contribution in [0.5, 0.6) is 0 Å². The van der Waals surface area contributed by atoms with Gasteiger partial charge in [-0.25, -0.2) is 9.48 Å².